The third-order valence-corrected chi connectivity index (χ3v) is 3.49. The molecule has 20 heavy (non-hydrogen) atoms. The van der Waals surface area contributed by atoms with Gasteiger partial charge in [0, 0.05) is 29.9 Å². The Morgan fingerprint density at radius 3 is 2.60 bits per heavy atom. The van der Waals surface area contributed by atoms with E-state index in [1.54, 1.807) is 12.1 Å². The molecule has 4 heteroatoms. The fourth-order valence-electron chi connectivity index (χ4n) is 2.15. The molecular formula is C16H20N2O2. The van der Waals surface area contributed by atoms with E-state index in [0.29, 0.717) is 25.3 Å². The smallest absolute Gasteiger partial charge is 0.251 e. The number of nitrogens with two attached hydrogens (primary N) is 1. The van der Waals surface area contributed by atoms with Gasteiger partial charge in [0.1, 0.15) is 0 Å². The Balaban J connectivity index is 2.02. The number of ether oxygens (including phenoxy) is 1. The topological polar surface area (TPSA) is 64.4 Å². The second-order valence-electron chi connectivity index (χ2n) is 5.21. The first-order valence-corrected chi connectivity index (χ1v) is 6.82. The number of benzene rings is 1. The number of carbonyl (C=O) groups is 1. The molecule has 1 heterocycles. The molecule has 0 atom stereocenters. The summed E-state index contributed by atoms with van der Waals surface area (Å²) in [5, 5.41) is 3.10. The average Bonchev–Trinajstić information content (AvgIpc) is 2.46. The molecule has 0 unspecified atom stereocenters. The van der Waals surface area contributed by atoms with Crippen LogP contribution in [0.5, 0.6) is 0 Å². The summed E-state index contributed by atoms with van der Waals surface area (Å²) >= 11 is 0. The van der Waals surface area contributed by atoms with Crippen LogP contribution in [-0.4, -0.2) is 31.2 Å². The summed E-state index contributed by atoms with van der Waals surface area (Å²) in [5.74, 6) is 5.68. The van der Waals surface area contributed by atoms with Crippen LogP contribution in [0.3, 0.4) is 0 Å². The van der Waals surface area contributed by atoms with E-state index in [1.165, 1.54) is 0 Å². The van der Waals surface area contributed by atoms with Crippen molar-refractivity contribution in [3.8, 4) is 11.8 Å². The number of nitrogens with one attached hydrogen (secondary N) is 1. The molecule has 0 radical (unpaired) electrons. The van der Waals surface area contributed by atoms with Crippen LogP contribution in [-0.2, 0) is 4.74 Å². The van der Waals surface area contributed by atoms with Crippen molar-refractivity contribution in [2.75, 3.05) is 19.8 Å². The molecular weight excluding hydrogens is 252 g/mol. The number of hydrogen-bond acceptors (Lipinski definition) is 3. The van der Waals surface area contributed by atoms with Crippen LogP contribution in [0.4, 0.5) is 0 Å². The summed E-state index contributed by atoms with van der Waals surface area (Å²) < 4.78 is 5.33. The van der Waals surface area contributed by atoms with Gasteiger partial charge in [0.2, 0.25) is 0 Å². The molecule has 0 aromatic heterocycles. The van der Waals surface area contributed by atoms with E-state index in [0.717, 1.165) is 18.4 Å². The number of rotatable bonds is 2. The average molecular weight is 272 g/mol. The van der Waals surface area contributed by atoms with Crippen molar-refractivity contribution >= 4 is 5.91 Å². The molecule has 2 rings (SSSR count). The molecule has 1 aliphatic rings. The predicted molar refractivity (Wildman–Crippen MR) is 78.3 cm³/mol. The van der Waals surface area contributed by atoms with E-state index in [9.17, 15) is 4.79 Å². The SMILES string of the molecule is CC1(NC(=O)c2ccc(C#CCN)cc2)CCOCC1. The lowest BCUT2D eigenvalue weighted by Crippen LogP contribution is -2.49. The lowest BCUT2D eigenvalue weighted by Gasteiger charge is -2.34. The maximum Gasteiger partial charge on any atom is 0.251 e. The van der Waals surface area contributed by atoms with Gasteiger partial charge < -0.3 is 15.8 Å². The highest BCUT2D eigenvalue weighted by Crippen LogP contribution is 2.20. The van der Waals surface area contributed by atoms with Gasteiger partial charge in [-0.1, -0.05) is 11.8 Å². The molecule has 1 saturated heterocycles. The molecule has 1 aromatic carbocycles. The number of amides is 1. The predicted octanol–water partition coefficient (Wildman–Crippen LogP) is 1.30. The minimum absolute atomic E-state index is 0.0484. The first kappa shape index (κ1) is 14.6. The molecule has 3 N–H and O–H groups in total. The quantitative estimate of drug-likeness (QED) is 0.798. The maximum absolute atomic E-state index is 12.2. The highest BCUT2D eigenvalue weighted by atomic mass is 16.5. The van der Waals surface area contributed by atoms with Gasteiger partial charge in [-0.15, -0.1) is 0 Å². The second kappa shape index (κ2) is 6.56. The Labute approximate surface area is 119 Å². The van der Waals surface area contributed by atoms with Crippen LogP contribution in [0.25, 0.3) is 0 Å². The number of carbonyl (C=O) groups excluding carboxylic acids is 1. The fraction of sp³-hybridized carbons (Fsp3) is 0.438. The summed E-state index contributed by atoms with van der Waals surface area (Å²) in [4.78, 5) is 12.2. The van der Waals surface area contributed by atoms with Crippen molar-refractivity contribution in [2.24, 2.45) is 5.73 Å². The van der Waals surface area contributed by atoms with Crippen LogP contribution in [0.2, 0.25) is 0 Å². The summed E-state index contributed by atoms with van der Waals surface area (Å²) in [6.45, 7) is 3.80. The van der Waals surface area contributed by atoms with Crippen molar-refractivity contribution in [3.05, 3.63) is 35.4 Å². The number of hydrogen-bond donors (Lipinski definition) is 2. The minimum atomic E-state index is -0.173. The normalized spacial score (nSPS) is 16.9. The van der Waals surface area contributed by atoms with E-state index >= 15 is 0 Å². The molecule has 1 amide bonds. The van der Waals surface area contributed by atoms with Gasteiger partial charge in [0.25, 0.3) is 5.91 Å². The standard InChI is InChI=1S/C16H20N2O2/c1-16(8-11-20-12-9-16)18-15(19)14-6-4-13(5-7-14)3-2-10-17/h4-7H,8-12,17H2,1H3,(H,18,19). The third-order valence-electron chi connectivity index (χ3n) is 3.49. The van der Waals surface area contributed by atoms with Gasteiger partial charge in [0.15, 0.2) is 0 Å². The molecule has 0 bridgehead atoms. The minimum Gasteiger partial charge on any atom is -0.381 e. The van der Waals surface area contributed by atoms with Gasteiger partial charge in [-0.2, -0.15) is 0 Å². The van der Waals surface area contributed by atoms with E-state index in [1.807, 2.05) is 12.1 Å². The fourth-order valence-corrected chi connectivity index (χ4v) is 2.15. The zero-order valence-electron chi connectivity index (χ0n) is 11.7. The largest absolute Gasteiger partial charge is 0.381 e. The highest BCUT2D eigenvalue weighted by Gasteiger charge is 2.29. The Hall–Kier alpha value is -1.83. The molecule has 4 nitrogen and oxygen atoms in total. The van der Waals surface area contributed by atoms with E-state index in [-0.39, 0.29) is 11.4 Å². The molecule has 0 spiro atoms. The molecule has 106 valence electrons. The Bertz CT molecular complexity index is 520. The van der Waals surface area contributed by atoms with Crippen molar-refractivity contribution in [3.63, 3.8) is 0 Å². The van der Waals surface area contributed by atoms with Gasteiger partial charge >= 0.3 is 0 Å². The van der Waals surface area contributed by atoms with Crippen LogP contribution < -0.4 is 11.1 Å². The molecule has 0 saturated carbocycles. The molecule has 1 aromatic rings. The van der Waals surface area contributed by atoms with Crippen LogP contribution >= 0.6 is 0 Å². The van der Waals surface area contributed by atoms with Crippen molar-refractivity contribution < 1.29 is 9.53 Å². The van der Waals surface area contributed by atoms with E-state index in [4.69, 9.17) is 10.5 Å². The Morgan fingerprint density at radius 1 is 1.35 bits per heavy atom. The van der Waals surface area contributed by atoms with Gasteiger partial charge in [-0.05, 0) is 44.0 Å². The van der Waals surface area contributed by atoms with Crippen LogP contribution in [0.1, 0.15) is 35.7 Å². The van der Waals surface area contributed by atoms with E-state index in [2.05, 4.69) is 24.1 Å². The zero-order valence-corrected chi connectivity index (χ0v) is 11.7. The van der Waals surface area contributed by atoms with Gasteiger partial charge in [-0.25, -0.2) is 0 Å². The second-order valence-corrected chi connectivity index (χ2v) is 5.21. The lowest BCUT2D eigenvalue weighted by atomic mass is 9.92. The van der Waals surface area contributed by atoms with Crippen LogP contribution in [0.15, 0.2) is 24.3 Å². The monoisotopic (exact) mass is 272 g/mol. The lowest BCUT2D eigenvalue weighted by molar-refractivity contribution is 0.0423. The molecule has 0 aliphatic carbocycles. The zero-order chi connectivity index (χ0) is 14.4. The Kier molecular flexibility index (Phi) is 4.78. The van der Waals surface area contributed by atoms with Gasteiger partial charge in [-0.3, -0.25) is 4.79 Å². The van der Waals surface area contributed by atoms with Crippen LogP contribution in [0, 0.1) is 11.8 Å². The van der Waals surface area contributed by atoms with Crippen molar-refractivity contribution in [1.29, 1.82) is 0 Å². The summed E-state index contributed by atoms with van der Waals surface area (Å²) in [7, 11) is 0. The van der Waals surface area contributed by atoms with Crippen molar-refractivity contribution in [2.45, 2.75) is 25.3 Å². The van der Waals surface area contributed by atoms with Gasteiger partial charge in [0.05, 0.1) is 6.54 Å². The first-order valence-electron chi connectivity index (χ1n) is 6.82. The highest BCUT2D eigenvalue weighted by molar-refractivity contribution is 5.94. The third kappa shape index (κ3) is 3.83. The maximum atomic E-state index is 12.2. The molecule has 1 fully saturated rings. The Morgan fingerprint density at radius 2 is 2.00 bits per heavy atom. The summed E-state index contributed by atoms with van der Waals surface area (Å²) in [5.41, 5.74) is 6.67. The van der Waals surface area contributed by atoms with Crippen molar-refractivity contribution in [1.82, 2.24) is 5.32 Å². The summed E-state index contributed by atoms with van der Waals surface area (Å²) in [6, 6.07) is 7.25. The summed E-state index contributed by atoms with van der Waals surface area (Å²) in [6.07, 6.45) is 1.69. The first-order chi connectivity index (χ1) is 9.63. The molecule has 1 aliphatic heterocycles. The van der Waals surface area contributed by atoms with E-state index < -0.39 is 0 Å².